The molecule has 108 valence electrons. The summed E-state index contributed by atoms with van der Waals surface area (Å²) in [5.41, 5.74) is 0. The van der Waals surface area contributed by atoms with Gasteiger partial charge in [-0.15, -0.1) is 23.1 Å². The fourth-order valence-corrected chi connectivity index (χ4v) is 3.83. The molecule has 1 aromatic rings. The molecule has 4 nitrogen and oxygen atoms in total. The number of ether oxygens (including phenoxy) is 1. The fourth-order valence-electron chi connectivity index (χ4n) is 1.93. The summed E-state index contributed by atoms with van der Waals surface area (Å²) in [4.78, 5) is 27.6. The van der Waals surface area contributed by atoms with Gasteiger partial charge in [-0.05, 0) is 25.1 Å². The Morgan fingerprint density at radius 1 is 1.45 bits per heavy atom. The number of hydrogen-bond acceptors (Lipinski definition) is 5. The predicted octanol–water partition coefficient (Wildman–Crippen LogP) is 2.19. The second-order valence-electron chi connectivity index (χ2n) is 4.45. The van der Waals surface area contributed by atoms with Crippen LogP contribution in [-0.4, -0.2) is 48.0 Å². The Balaban J connectivity index is 1.95. The van der Waals surface area contributed by atoms with E-state index in [9.17, 15) is 9.59 Å². The Hall–Kier alpha value is -1.27. The highest BCUT2D eigenvalue weighted by Gasteiger charge is 2.28. The summed E-state index contributed by atoms with van der Waals surface area (Å²) in [5, 5.41) is -0.268. The molecular formula is C14H17NO3S2. The molecule has 2 heterocycles. The molecule has 1 saturated heterocycles. The smallest absolute Gasteiger partial charge is 0.320 e. The second-order valence-corrected chi connectivity index (χ2v) is 7.08. The van der Waals surface area contributed by atoms with E-state index in [1.54, 1.807) is 34.1 Å². The quantitative estimate of drug-likeness (QED) is 0.634. The first-order chi connectivity index (χ1) is 9.60. The number of methoxy groups -OCH3 is 1. The van der Waals surface area contributed by atoms with Crippen LogP contribution in [0.2, 0.25) is 0 Å². The molecule has 1 amide bonds. The standard InChI is InChI=1S/C14H17NO3S2/c1-10-3-4-11(20-10)5-6-13(16)15-7-8-19-12(9-15)14(17)18-2/h3-6,12H,7-9H2,1-2H3/b6-5+/t12-/m0/s1. The summed E-state index contributed by atoms with van der Waals surface area (Å²) in [6.07, 6.45) is 3.41. The molecule has 1 atom stereocenters. The van der Waals surface area contributed by atoms with E-state index < -0.39 is 0 Å². The van der Waals surface area contributed by atoms with Gasteiger partial charge in [0.05, 0.1) is 7.11 Å². The molecule has 1 aliphatic rings. The van der Waals surface area contributed by atoms with Crippen molar-refractivity contribution in [1.82, 2.24) is 4.90 Å². The number of hydrogen-bond donors (Lipinski definition) is 0. The van der Waals surface area contributed by atoms with Crippen LogP contribution in [0.3, 0.4) is 0 Å². The summed E-state index contributed by atoms with van der Waals surface area (Å²) in [6.45, 7) is 3.13. The molecule has 0 aliphatic carbocycles. The number of thiophene rings is 1. The van der Waals surface area contributed by atoms with Gasteiger partial charge >= 0.3 is 5.97 Å². The average molecular weight is 311 g/mol. The Bertz CT molecular complexity index is 524. The molecule has 0 N–H and O–H groups in total. The lowest BCUT2D eigenvalue weighted by Gasteiger charge is -2.30. The Kier molecular flexibility index (Phi) is 5.25. The molecule has 20 heavy (non-hydrogen) atoms. The van der Waals surface area contributed by atoms with Gasteiger partial charge in [0, 0.05) is 34.7 Å². The highest BCUT2D eigenvalue weighted by molar-refractivity contribution is 8.00. The SMILES string of the molecule is COC(=O)[C@@H]1CN(C(=O)/C=C/c2ccc(C)s2)CCS1. The minimum atomic E-state index is -0.268. The maximum atomic E-state index is 12.1. The third-order valence-electron chi connectivity index (χ3n) is 2.99. The lowest BCUT2D eigenvalue weighted by atomic mass is 10.3. The molecule has 0 bridgehead atoms. The Labute approximate surface area is 126 Å². The van der Waals surface area contributed by atoms with E-state index in [0.29, 0.717) is 13.1 Å². The van der Waals surface area contributed by atoms with Crippen molar-refractivity contribution in [2.45, 2.75) is 12.2 Å². The van der Waals surface area contributed by atoms with Gasteiger partial charge in [-0.3, -0.25) is 9.59 Å². The van der Waals surface area contributed by atoms with E-state index in [4.69, 9.17) is 4.74 Å². The number of carbonyl (C=O) groups is 2. The molecular weight excluding hydrogens is 294 g/mol. The van der Waals surface area contributed by atoms with Crippen molar-refractivity contribution in [3.8, 4) is 0 Å². The van der Waals surface area contributed by atoms with E-state index in [-0.39, 0.29) is 17.1 Å². The highest BCUT2D eigenvalue weighted by Crippen LogP contribution is 2.21. The second kappa shape index (κ2) is 6.95. The van der Waals surface area contributed by atoms with Crippen LogP contribution < -0.4 is 0 Å². The van der Waals surface area contributed by atoms with Gasteiger partial charge in [-0.25, -0.2) is 0 Å². The Morgan fingerprint density at radius 3 is 2.90 bits per heavy atom. The van der Waals surface area contributed by atoms with Crippen LogP contribution in [0.1, 0.15) is 9.75 Å². The van der Waals surface area contributed by atoms with Gasteiger partial charge in [0.1, 0.15) is 5.25 Å². The monoisotopic (exact) mass is 311 g/mol. The average Bonchev–Trinajstić information content (AvgIpc) is 2.89. The molecule has 1 aliphatic heterocycles. The largest absolute Gasteiger partial charge is 0.468 e. The van der Waals surface area contributed by atoms with Crippen molar-refractivity contribution in [3.63, 3.8) is 0 Å². The Morgan fingerprint density at radius 2 is 2.25 bits per heavy atom. The van der Waals surface area contributed by atoms with Crippen molar-refractivity contribution in [2.24, 2.45) is 0 Å². The van der Waals surface area contributed by atoms with Gasteiger partial charge in [-0.1, -0.05) is 0 Å². The van der Waals surface area contributed by atoms with Gasteiger partial charge in [0.25, 0.3) is 0 Å². The van der Waals surface area contributed by atoms with Crippen LogP contribution in [0.15, 0.2) is 18.2 Å². The molecule has 1 fully saturated rings. The van der Waals surface area contributed by atoms with E-state index in [1.807, 2.05) is 25.1 Å². The first-order valence-electron chi connectivity index (χ1n) is 6.33. The summed E-state index contributed by atoms with van der Waals surface area (Å²) in [5.74, 6) is 0.452. The molecule has 0 unspecified atom stereocenters. The van der Waals surface area contributed by atoms with Gasteiger partial charge < -0.3 is 9.64 Å². The lowest BCUT2D eigenvalue weighted by molar-refractivity contribution is -0.140. The fraction of sp³-hybridized carbons (Fsp3) is 0.429. The number of rotatable bonds is 3. The summed E-state index contributed by atoms with van der Waals surface area (Å²) in [7, 11) is 1.38. The van der Waals surface area contributed by atoms with Crippen molar-refractivity contribution in [2.75, 3.05) is 26.0 Å². The third kappa shape index (κ3) is 3.86. The summed E-state index contributed by atoms with van der Waals surface area (Å²) in [6, 6.07) is 4.02. The number of thioether (sulfide) groups is 1. The van der Waals surface area contributed by atoms with E-state index in [1.165, 1.54) is 12.0 Å². The first-order valence-corrected chi connectivity index (χ1v) is 8.19. The lowest BCUT2D eigenvalue weighted by Crippen LogP contribution is -2.44. The van der Waals surface area contributed by atoms with Crippen molar-refractivity contribution >= 4 is 41.1 Å². The van der Waals surface area contributed by atoms with Gasteiger partial charge in [0.2, 0.25) is 5.91 Å². The van der Waals surface area contributed by atoms with Crippen LogP contribution >= 0.6 is 23.1 Å². The number of amides is 1. The maximum absolute atomic E-state index is 12.1. The zero-order chi connectivity index (χ0) is 14.5. The first kappa shape index (κ1) is 15.1. The summed E-state index contributed by atoms with van der Waals surface area (Å²) >= 11 is 3.19. The van der Waals surface area contributed by atoms with Crippen LogP contribution in [0, 0.1) is 6.92 Å². The van der Waals surface area contributed by atoms with Gasteiger partial charge in [-0.2, -0.15) is 0 Å². The zero-order valence-electron chi connectivity index (χ0n) is 11.5. The molecule has 0 radical (unpaired) electrons. The van der Waals surface area contributed by atoms with Crippen LogP contribution in [0.5, 0.6) is 0 Å². The molecule has 6 heteroatoms. The number of aryl methyl sites for hydroxylation is 1. The van der Waals surface area contributed by atoms with Gasteiger partial charge in [0.15, 0.2) is 0 Å². The molecule has 0 saturated carbocycles. The van der Waals surface area contributed by atoms with Crippen molar-refractivity contribution in [1.29, 1.82) is 0 Å². The van der Waals surface area contributed by atoms with Crippen molar-refractivity contribution < 1.29 is 14.3 Å². The van der Waals surface area contributed by atoms with Crippen LogP contribution in [0.25, 0.3) is 6.08 Å². The minimum absolute atomic E-state index is 0.0507. The minimum Gasteiger partial charge on any atom is -0.468 e. The number of carbonyl (C=O) groups excluding carboxylic acids is 2. The highest BCUT2D eigenvalue weighted by atomic mass is 32.2. The molecule has 0 aromatic carbocycles. The topological polar surface area (TPSA) is 46.6 Å². The van der Waals surface area contributed by atoms with Crippen molar-refractivity contribution in [3.05, 3.63) is 28.0 Å². The number of esters is 1. The van der Waals surface area contributed by atoms with Crippen LogP contribution in [-0.2, 0) is 14.3 Å². The molecule has 2 rings (SSSR count). The third-order valence-corrected chi connectivity index (χ3v) is 5.12. The van der Waals surface area contributed by atoms with Crippen LogP contribution in [0.4, 0.5) is 0 Å². The molecule has 1 aromatic heterocycles. The maximum Gasteiger partial charge on any atom is 0.320 e. The summed E-state index contributed by atoms with van der Waals surface area (Å²) < 4.78 is 4.74. The van der Waals surface area contributed by atoms with E-state index in [2.05, 4.69) is 0 Å². The molecule has 0 spiro atoms. The predicted molar refractivity (Wildman–Crippen MR) is 82.9 cm³/mol. The normalized spacial score (nSPS) is 19.3. The number of nitrogens with zero attached hydrogens (tertiary/aromatic N) is 1. The zero-order valence-corrected chi connectivity index (χ0v) is 13.1. The van der Waals surface area contributed by atoms with E-state index >= 15 is 0 Å². The van der Waals surface area contributed by atoms with E-state index in [0.717, 1.165) is 10.6 Å².